The highest BCUT2D eigenvalue weighted by molar-refractivity contribution is 6.31. The molecule has 2 aromatic carbocycles. The lowest BCUT2D eigenvalue weighted by Gasteiger charge is -2.15. The van der Waals surface area contributed by atoms with Gasteiger partial charge in [0.15, 0.2) is 0 Å². The molecule has 1 aromatic heterocycles. The fourth-order valence-electron chi connectivity index (χ4n) is 2.27. The summed E-state index contributed by atoms with van der Waals surface area (Å²) in [5.74, 6) is 0.524. The smallest absolute Gasteiger partial charge is 0.247 e. The van der Waals surface area contributed by atoms with Crippen molar-refractivity contribution >= 4 is 23.2 Å². The first-order chi connectivity index (χ1) is 11.5. The first-order valence-corrected chi connectivity index (χ1v) is 7.98. The van der Waals surface area contributed by atoms with E-state index in [1.54, 1.807) is 24.3 Å². The molecule has 0 N–H and O–H groups in total. The van der Waals surface area contributed by atoms with E-state index in [9.17, 15) is 4.39 Å². The second kappa shape index (κ2) is 7.30. The maximum atomic E-state index is 13.8. The quantitative estimate of drug-likeness (QED) is 0.650. The summed E-state index contributed by atoms with van der Waals surface area (Å²) in [6, 6.07) is 11.8. The first-order valence-electron chi connectivity index (χ1n) is 7.22. The standard InChI is InChI=1S/C17H14Cl2FN3O/c1-23(9-13-14(19)3-2-4-15(13)20)10-16-21-22-17(24-16)11-5-7-12(18)8-6-11/h2-8H,9-10H2,1H3. The van der Waals surface area contributed by atoms with Crippen molar-refractivity contribution in [1.82, 2.24) is 15.1 Å². The van der Waals surface area contributed by atoms with Gasteiger partial charge in [0, 0.05) is 27.7 Å². The van der Waals surface area contributed by atoms with E-state index < -0.39 is 0 Å². The van der Waals surface area contributed by atoms with Crippen LogP contribution in [0, 0.1) is 5.82 Å². The van der Waals surface area contributed by atoms with Crippen molar-refractivity contribution in [1.29, 1.82) is 0 Å². The molecule has 0 aliphatic heterocycles. The third-order valence-electron chi connectivity index (χ3n) is 3.45. The summed E-state index contributed by atoms with van der Waals surface area (Å²) < 4.78 is 19.5. The van der Waals surface area contributed by atoms with Crippen molar-refractivity contribution in [3.63, 3.8) is 0 Å². The molecule has 0 atom stereocenters. The van der Waals surface area contributed by atoms with E-state index in [1.807, 2.05) is 24.1 Å². The monoisotopic (exact) mass is 365 g/mol. The molecule has 4 nitrogen and oxygen atoms in total. The molecule has 24 heavy (non-hydrogen) atoms. The average molecular weight is 366 g/mol. The number of hydrogen-bond donors (Lipinski definition) is 0. The van der Waals surface area contributed by atoms with E-state index in [1.165, 1.54) is 6.07 Å². The van der Waals surface area contributed by atoms with Crippen LogP contribution in [0.4, 0.5) is 4.39 Å². The summed E-state index contributed by atoms with van der Waals surface area (Å²) in [6.07, 6.45) is 0. The molecule has 0 aliphatic carbocycles. The maximum Gasteiger partial charge on any atom is 0.247 e. The van der Waals surface area contributed by atoms with Crippen molar-refractivity contribution < 1.29 is 8.81 Å². The first kappa shape index (κ1) is 16.9. The lowest BCUT2D eigenvalue weighted by atomic mass is 10.2. The summed E-state index contributed by atoms with van der Waals surface area (Å²) >= 11 is 11.9. The molecule has 0 bridgehead atoms. The van der Waals surface area contributed by atoms with Gasteiger partial charge in [0.05, 0.1) is 6.54 Å². The minimum absolute atomic E-state index is 0.332. The summed E-state index contributed by atoms with van der Waals surface area (Å²) in [7, 11) is 1.83. The number of aromatic nitrogens is 2. The van der Waals surface area contributed by atoms with Gasteiger partial charge in [-0.1, -0.05) is 29.3 Å². The minimum Gasteiger partial charge on any atom is -0.419 e. The van der Waals surface area contributed by atoms with Crippen LogP contribution < -0.4 is 0 Å². The van der Waals surface area contributed by atoms with Crippen LogP contribution in [0.1, 0.15) is 11.5 Å². The molecular weight excluding hydrogens is 352 g/mol. The van der Waals surface area contributed by atoms with E-state index in [-0.39, 0.29) is 5.82 Å². The van der Waals surface area contributed by atoms with Gasteiger partial charge in [-0.25, -0.2) is 4.39 Å². The number of hydrogen-bond acceptors (Lipinski definition) is 4. The Bertz CT molecular complexity index is 816. The molecule has 0 spiro atoms. The Morgan fingerprint density at radius 2 is 1.79 bits per heavy atom. The Morgan fingerprint density at radius 1 is 1.04 bits per heavy atom. The molecule has 0 saturated carbocycles. The highest BCUT2D eigenvalue weighted by atomic mass is 35.5. The Hall–Kier alpha value is -1.95. The van der Waals surface area contributed by atoms with Crippen molar-refractivity contribution in [2.75, 3.05) is 7.05 Å². The van der Waals surface area contributed by atoms with E-state index in [0.717, 1.165) is 5.56 Å². The van der Waals surface area contributed by atoms with Crippen LogP contribution in [-0.2, 0) is 13.1 Å². The molecule has 0 amide bonds. The van der Waals surface area contributed by atoms with Gasteiger partial charge in [0.25, 0.3) is 0 Å². The van der Waals surface area contributed by atoms with Crippen LogP contribution in [-0.4, -0.2) is 22.1 Å². The molecule has 0 unspecified atom stereocenters. The number of nitrogens with zero attached hydrogens (tertiary/aromatic N) is 3. The van der Waals surface area contributed by atoms with Crippen molar-refractivity contribution in [3.8, 4) is 11.5 Å². The third-order valence-corrected chi connectivity index (χ3v) is 4.06. The van der Waals surface area contributed by atoms with Crippen molar-refractivity contribution in [3.05, 3.63) is 69.8 Å². The molecule has 0 saturated heterocycles. The van der Waals surface area contributed by atoms with Gasteiger partial charge in [0.2, 0.25) is 11.8 Å². The van der Waals surface area contributed by atoms with E-state index >= 15 is 0 Å². The average Bonchev–Trinajstić information content (AvgIpc) is 3.00. The van der Waals surface area contributed by atoms with Crippen LogP contribution in [0.2, 0.25) is 10.0 Å². The zero-order valence-electron chi connectivity index (χ0n) is 12.8. The molecule has 0 radical (unpaired) electrons. The molecule has 124 valence electrons. The van der Waals surface area contributed by atoms with Gasteiger partial charge >= 0.3 is 0 Å². The highest BCUT2D eigenvalue weighted by Gasteiger charge is 2.14. The SMILES string of the molecule is CN(Cc1nnc(-c2ccc(Cl)cc2)o1)Cc1c(F)cccc1Cl. The van der Waals surface area contributed by atoms with Gasteiger partial charge in [-0.3, -0.25) is 4.90 Å². The molecule has 1 heterocycles. The van der Waals surface area contributed by atoms with E-state index in [4.69, 9.17) is 27.6 Å². The second-order valence-corrected chi connectivity index (χ2v) is 6.22. The van der Waals surface area contributed by atoms with E-state index in [0.29, 0.717) is 40.5 Å². The summed E-state index contributed by atoms with van der Waals surface area (Å²) in [5.41, 5.74) is 1.23. The molecule has 0 aliphatic rings. The predicted molar refractivity (Wildman–Crippen MR) is 91.3 cm³/mol. The molecule has 0 fully saturated rings. The summed E-state index contributed by atoms with van der Waals surface area (Å²) in [4.78, 5) is 1.85. The lowest BCUT2D eigenvalue weighted by Crippen LogP contribution is -2.18. The van der Waals surface area contributed by atoms with Crippen LogP contribution in [0.15, 0.2) is 46.9 Å². The van der Waals surface area contributed by atoms with Crippen LogP contribution in [0.5, 0.6) is 0 Å². The van der Waals surface area contributed by atoms with Gasteiger partial charge in [-0.15, -0.1) is 10.2 Å². The fraction of sp³-hybridized carbons (Fsp3) is 0.176. The third kappa shape index (κ3) is 3.93. The summed E-state index contributed by atoms with van der Waals surface area (Å²) in [5, 5.41) is 9.08. The predicted octanol–water partition coefficient (Wildman–Crippen LogP) is 4.81. The largest absolute Gasteiger partial charge is 0.419 e. The van der Waals surface area contributed by atoms with Crippen LogP contribution in [0.25, 0.3) is 11.5 Å². The fourth-order valence-corrected chi connectivity index (χ4v) is 2.62. The van der Waals surface area contributed by atoms with Crippen LogP contribution in [0.3, 0.4) is 0 Å². The minimum atomic E-state index is -0.332. The zero-order chi connectivity index (χ0) is 17.1. The van der Waals surface area contributed by atoms with Gasteiger partial charge < -0.3 is 4.42 Å². The number of rotatable bonds is 5. The second-order valence-electron chi connectivity index (χ2n) is 5.38. The highest BCUT2D eigenvalue weighted by Crippen LogP contribution is 2.23. The lowest BCUT2D eigenvalue weighted by molar-refractivity contribution is 0.279. The topological polar surface area (TPSA) is 42.2 Å². The molecule has 3 rings (SSSR count). The van der Waals surface area contributed by atoms with Crippen molar-refractivity contribution in [2.45, 2.75) is 13.1 Å². The van der Waals surface area contributed by atoms with Gasteiger partial charge in [-0.2, -0.15) is 0 Å². The number of halogens is 3. The normalized spacial score (nSPS) is 11.2. The van der Waals surface area contributed by atoms with Crippen molar-refractivity contribution in [2.24, 2.45) is 0 Å². The maximum absolute atomic E-state index is 13.8. The Kier molecular flexibility index (Phi) is 5.14. The van der Waals surface area contributed by atoms with Gasteiger partial charge in [0.1, 0.15) is 5.82 Å². The number of benzene rings is 2. The van der Waals surface area contributed by atoms with Gasteiger partial charge in [-0.05, 0) is 43.4 Å². The van der Waals surface area contributed by atoms with E-state index in [2.05, 4.69) is 10.2 Å². The Balaban J connectivity index is 1.69. The molecule has 7 heteroatoms. The molecule has 3 aromatic rings. The molecular formula is C17H14Cl2FN3O. The zero-order valence-corrected chi connectivity index (χ0v) is 14.4. The van der Waals surface area contributed by atoms with Crippen LogP contribution >= 0.6 is 23.2 Å². The Labute approximate surface area is 148 Å². The summed E-state index contributed by atoms with van der Waals surface area (Å²) in [6.45, 7) is 0.718. The Morgan fingerprint density at radius 3 is 2.50 bits per heavy atom.